The van der Waals surface area contributed by atoms with Gasteiger partial charge in [0.25, 0.3) is 0 Å². The van der Waals surface area contributed by atoms with Gasteiger partial charge in [0.2, 0.25) is 0 Å². The molecule has 0 spiro atoms. The van der Waals surface area contributed by atoms with Gasteiger partial charge >= 0.3 is 11.8 Å². The van der Waals surface area contributed by atoms with Gasteiger partial charge < -0.3 is 20.6 Å². The molecule has 0 aliphatic carbocycles. The van der Waals surface area contributed by atoms with Crippen LogP contribution in [-0.4, -0.2) is 54.1 Å². The molecule has 0 radical (unpaired) electrons. The molecule has 126 valence electrons. The van der Waals surface area contributed by atoms with Crippen LogP contribution < -0.4 is 10.6 Å². The first-order chi connectivity index (χ1) is 10.8. The molecular weight excluding hydrogens is 325 g/mol. The van der Waals surface area contributed by atoms with Crippen LogP contribution in [0.4, 0.5) is 10.1 Å². The Morgan fingerprint density at radius 3 is 2.61 bits per heavy atom. The summed E-state index contributed by atoms with van der Waals surface area (Å²) in [4.78, 5) is 25.6. The number of aliphatic hydroxyl groups is 1. The summed E-state index contributed by atoms with van der Waals surface area (Å²) in [7, 11) is 1.96. The van der Waals surface area contributed by atoms with E-state index < -0.39 is 23.2 Å². The second-order valence-electron chi connectivity index (χ2n) is 5.79. The van der Waals surface area contributed by atoms with Gasteiger partial charge in [0.15, 0.2) is 0 Å². The van der Waals surface area contributed by atoms with Gasteiger partial charge in [-0.15, -0.1) is 0 Å². The Balaban J connectivity index is 1.85. The first-order valence-electron chi connectivity index (χ1n) is 7.24. The zero-order valence-corrected chi connectivity index (χ0v) is 13.5. The molecule has 0 atom stereocenters. The van der Waals surface area contributed by atoms with E-state index in [0.717, 1.165) is 19.2 Å². The number of carbonyl (C=O) groups excluding carboxylic acids is 2. The minimum absolute atomic E-state index is 0.00206. The van der Waals surface area contributed by atoms with E-state index in [0.29, 0.717) is 12.8 Å². The maximum Gasteiger partial charge on any atom is 0.313 e. The highest BCUT2D eigenvalue weighted by molar-refractivity contribution is 6.39. The number of anilines is 1. The van der Waals surface area contributed by atoms with Crippen molar-refractivity contribution in [2.24, 2.45) is 0 Å². The number of hydrogen-bond acceptors (Lipinski definition) is 4. The number of piperidine rings is 1. The number of carbonyl (C=O) groups is 2. The quantitative estimate of drug-likeness (QED) is 0.715. The second-order valence-corrected chi connectivity index (χ2v) is 6.20. The van der Waals surface area contributed by atoms with Crippen LogP contribution in [0.15, 0.2) is 18.2 Å². The SMILES string of the molecule is CN1CCC(O)(CNC(=O)C(=O)Nc2ccc(Cl)c(F)c2)CC1. The average molecular weight is 344 g/mol. The smallest absolute Gasteiger partial charge is 0.313 e. The molecule has 0 aromatic heterocycles. The van der Waals surface area contributed by atoms with Crippen molar-refractivity contribution in [2.45, 2.75) is 18.4 Å². The third-order valence-corrected chi connectivity index (χ3v) is 4.19. The summed E-state index contributed by atoms with van der Waals surface area (Å²) in [6.45, 7) is 1.45. The van der Waals surface area contributed by atoms with Gasteiger partial charge in [-0.25, -0.2) is 4.39 Å². The van der Waals surface area contributed by atoms with Crippen molar-refractivity contribution in [3.63, 3.8) is 0 Å². The summed E-state index contributed by atoms with van der Waals surface area (Å²) < 4.78 is 13.3. The minimum Gasteiger partial charge on any atom is -0.388 e. The largest absolute Gasteiger partial charge is 0.388 e. The van der Waals surface area contributed by atoms with E-state index >= 15 is 0 Å². The highest BCUT2D eigenvalue weighted by atomic mass is 35.5. The number of halogens is 2. The van der Waals surface area contributed by atoms with Crippen LogP contribution in [0, 0.1) is 5.82 Å². The van der Waals surface area contributed by atoms with Crippen molar-refractivity contribution < 1.29 is 19.1 Å². The van der Waals surface area contributed by atoms with Crippen molar-refractivity contribution in [2.75, 3.05) is 32.0 Å². The van der Waals surface area contributed by atoms with E-state index in [1.54, 1.807) is 0 Å². The van der Waals surface area contributed by atoms with Crippen LogP contribution >= 0.6 is 11.6 Å². The lowest BCUT2D eigenvalue weighted by molar-refractivity contribution is -0.137. The lowest BCUT2D eigenvalue weighted by Crippen LogP contribution is -2.51. The normalized spacial score (nSPS) is 17.6. The zero-order valence-electron chi connectivity index (χ0n) is 12.7. The van der Waals surface area contributed by atoms with Gasteiger partial charge in [-0.3, -0.25) is 9.59 Å². The molecule has 1 aromatic carbocycles. The van der Waals surface area contributed by atoms with E-state index in [9.17, 15) is 19.1 Å². The lowest BCUT2D eigenvalue weighted by Gasteiger charge is -2.36. The van der Waals surface area contributed by atoms with Crippen molar-refractivity contribution in [3.05, 3.63) is 29.0 Å². The third-order valence-electron chi connectivity index (χ3n) is 3.88. The van der Waals surface area contributed by atoms with Gasteiger partial charge in [-0.1, -0.05) is 11.6 Å². The molecule has 0 saturated carbocycles. The highest BCUT2D eigenvalue weighted by Gasteiger charge is 2.32. The molecule has 1 aliphatic rings. The highest BCUT2D eigenvalue weighted by Crippen LogP contribution is 2.20. The summed E-state index contributed by atoms with van der Waals surface area (Å²) in [6.07, 6.45) is 1.04. The third kappa shape index (κ3) is 4.89. The molecule has 1 aromatic rings. The number of amides is 2. The van der Waals surface area contributed by atoms with Crippen LogP contribution in [0.1, 0.15) is 12.8 Å². The molecule has 1 heterocycles. The van der Waals surface area contributed by atoms with Crippen LogP contribution in [0.2, 0.25) is 5.02 Å². The first-order valence-corrected chi connectivity index (χ1v) is 7.62. The molecule has 2 rings (SSSR count). The Morgan fingerprint density at radius 2 is 2.00 bits per heavy atom. The Bertz CT molecular complexity index is 604. The zero-order chi connectivity index (χ0) is 17.0. The average Bonchev–Trinajstić information content (AvgIpc) is 2.52. The topological polar surface area (TPSA) is 81.7 Å². The fraction of sp³-hybridized carbons (Fsp3) is 0.467. The monoisotopic (exact) mass is 343 g/mol. The molecule has 1 aliphatic heterocycles. The lowest BCUT2D eigenvalue weighted by atomic mass is 9.91. The Labute approximate surface area is 138 Å². The van der Waals surface area contributed by atoms with Gasteiger partial charge in [0.05, 0.1) is 10.6 Å². The predicted molar refractivity (Wildman–Crippen MR) is 84.7 cm³/mol. The molecule has 0 unspecified atom stereocenters. The molecule has 6 nitrogen and oxygen atoms in total. The Hall–Kier alpha value is -1.70. The van der Waals surface area contributed by atoms with Gasteiger partial charge in [-0.05, 0) is 38.1 Å². The maximum absolute atomic E-state index is 13.3. The Morgan fingerprint density at radius 1 is 1.35 bits per heavy atom. The molecule has 0 bridgehead atoms. The van der Waals surface area contributed by atoms with E-state index in [1.165, 1.54) is 12.1 Å². The number of benzene rings is 1. The van der Waals surface area contributed by atoms with Crippen LogP contribution in [0.25, 0.3) is 0 Å². The minimum atomic E-state index is -1.01. The van der Waals surface area contributed by atoms with Crippen molar-refractivity contribution in [1.29, 1.82) is 0 Å². The van der Waals surface area contributed by atoms with E-state index in [1.807, 2.05) is 7.05 Å². The summed E-state index contributed by atoms with van der Waals surface area (Å²) in [6, 6.07) is 3.70. The number of nitrogens with zero attached hydrogens (tertiary/aromatic N) is 1. The fourth-order valence-electron chi connectivity index (χ4n) is 2.30. The van der Waals surface area contributed by atoms with E-state index in [2.05, 4.69) is 15.5 Å². The van der Waals surface area contributed by atoms with E-state index in [-0.39, 0.29) is 17.3 Å². The fourth-order valence-corrected chi connectivity index (χ4v) is 2.42. The molecule has 1 saturated heterocycles. The molecule has 2 amide bonds. The number of likely N-dealkylation sites (tertiary alicyclic amines) is 1. The van der Waals surface area contributed by atoms with E-state index in [4.69, 9.17) is 11.6 Å². The predicted octanol–water partition coefficient (Wildman–Crippen LogP) is 0.990. The number of nitrogens with one attached hydrogen (secondary N) is 2. The summed E-state index contributed by atoms with van der Waals surface area (Å²) >= 11 is 5.54. The van der Waals surface area contributed by atoms with Crippen molar-refractivity contribution in [3.8, 4) is 0 Å². The summed E-state index contributed by atoms with van der Waals surface area (Å²) in [5, 5.41) is 15.0. The van der Waals surface area contributed by atoms with Crippen LogP contribution in [0.3, 0.4) is 0 Å². The summed E-state index contributed by atoms with van der Waals surface area (Å²) in [5.41, 5.74) is -0.875. The number of rotatable bonds is 3. The van der Waals surface area contributed by atoms with Crippen molar-refractivity contribution in [1.82, 2.24) is 10.2 Å². The molecule has 8 heteroatoms. The second kappa shape index (κ2) is 7.25. The number of hydrogen-bond donors (Lipinski definition) is 3. The van der Waals surface area contributed by atoms with Gasteiger partial charge in [0.1, 0.15) is 5.82 Å². The van der Waals surface area contributed by atoms with Crippen LogP contribution in [0.5, 0.6) is 0 Å². The molecule has 1 fully saturated rings. The maximum atomic E-state index is 13.3. The Kier molecular flexibility index (Phi) is 5.56. The summed E-state index contributed by atoms with van der Waals surface area (Å²) in [5.74, 6) is -2.50. The van der Waals surface area contributed by atoms with Crippen molar-refractivity contribution >= 4 is 29.1 Å². The standard InChI is InChI=1S/C15H19ClFN3O3/c1-20-6-4-15(23,5-7-20)9-18-13(21)14(22)19-10-2-3-11(16)12(17)8-10/h2-3,8,23H,4-7,9H2,1H3,(H,18,21)(H,19,22). The van der Waals surface area contributed by atoms with Gasteiger partial charge in [0, 0.05) is 25.3 Å². The molecule has 23 heavy (non-hydrogen) atoms. The van der Waals surface area contributed by atoms with Gasteiger partial charge in [-0.2, -0.15) is 0 Å². The molecule has 3 N–H and O–H groups in total. The molecular formula is C15H19ClFN3O3. The van der Waals surface area contributed by atoms with Crippen LogP contribution in [-0.2, 0) is 9.59 Å². The first kappa shape index (κ1) is 17.7.